The molecule has 1 aromatic carbocycles. The van der Waals surface area contributed by atoms with E-state index in [1.165, 1.54) is 25.9 Å². The maximum Gasteiger partial charge on any atom is 0.166 e. The van der Waals surface area contributed by atoms with E-state index in [-0.39, 0.29) is 11.7 Å². The summed E-state index contributed by atoms with van der Waals surface area (Å²) in [6.07, 6.45) is 2.68. The predicted molar refractivity (Wildman–Crippen MR) is 83.1 cm³/mol. The summed E-state index contributed by atoms with van der Waals surface area (Å²) in [5.74, 6) is 0.305. The molecule has 3 nitrogen and oxygen atoms in total. The number of carbonyl (C=O) groups excluding carboxylic acids is 1. The lowest BCUT2D eigenvalue weighted by Gasteiger charge is -2.23. The van der Waals surface area contributed by atoms with E-state index in [9.17, 15) is 4.79 Å². The van der Waals surface area contributed by atoms with Gasteiger partial charge in [0.2, 0.25) is 0 Å². The number of ketones is 1. The number of rotatable bonds is 7. The highest BCUT2D eigenvalue weighted by Crippen LogP contribution is 2.10. The van der Waals surface area contributed by atoms with Gasteiger partial charge in [-0.3, -0.25) is 4.79 Å². The maximum atomic E-state index is 12.3. The fraction of sp³-hybridized carbons (Fsp3) is 0.588. The molecule has 1 aliphatic rings. The molecular weight excluding hydrogens is 248 g/mol. The van der Waals surface area contributed by atoms with Gasteiger partial charge in [0.1, 0.15) is 0 Å². The van der Waals surface area contributed by atoms with Gasteiger partial charge in [-0.15, -0.1) is 0 Å². The van der Waals surface area contributed by atoms with Gasteiger partial charge in [-0.1, -0.05) is 37.3 Å². The molecule has 0 aromatic heterocycles. The lowest BCUT2D eigenvalue weighted by atomic mass is 9.99. The van der Waals surface area contributed by atoms with Crippen LogP contribution in [0.4, 0.5) is 0 Å². The first-order chi connectivity index (χ1) is 9.66. The van der Waals surface area contributed by atoms with Crippen LogP contribution in [0.1, 0.15) is 30.1 Å². The van der Waals surface area contributed by atoms with Gasteiger partial charge >= 0.3 is 0 Å². The normalized spacial score (nSPS) is 17.6. The molecule has 1 saturated heterocycles. The highest BCUT2D eigenvalue weighted by molar-refractivity contribution is 5.97. The summed E-state index contributed by atoms with van der Waals surface area (Å²) in [5, 5.41) is 0. The van der Waals surface area contributed by atoms with Crippen LogP contribution < -0.4 is 0 Å². The molecule has 1 aromatic rings. The Kier molecular flexibility index (Phi) is 5.74. The third kappa shape index (κ3) is 4.43. The summed E-state index contributed by atoms with van der Waals surface area (Å²) >= 11 is 0. The summed E-state index contributed by atoms with van der Waals surface area (Å²) in [4.78, 5) is 17.1. The summed E-state index contributed by atoms with van der Waals surface area (Å²) in [7, 11) is 2.12. The Morgan fingerprint density at radius 1 is 1.25 bits per heavy atom. The minimum absolute atomic E-state index is 0.0565. The van der Waals surface area contributed by atoms with Crippen molar-refractivity contribution in [1.82, 2.24) is 9.80 Å². The number of nitrogens with zero attached hydrogens (tertiary/aromatic N) is 2. The molecule has 2 rings (SSSR count). The molecule has 3 heteroatoms. The van der Waals surface area contributed by atoms with Crippen LogP contribution in [0.15, 0.2) is 30.3 Å². The molecule has 110 valence electrons. The van der Waals surface area contributed by atoms with Crippen molar-refractivity contribution < 1.29 is 4.79 Å². The maximum absolute atomic E-state index is 12.3. The minimum Gasteiger partial charge on any atom is -0.304 e. The summed E-state index contributed by atoms with van der Waals surface area (Å²) in [6, 6.07) is 9.61. The third-order valence-corrected chi connectivity index (χ3v) is 4.09. The molecule has 1 fully saturated rings. The highest BCUT2D eigenvalue weighted by atomic mass is 16.1. The minimum atomic E-state index is 0.0565. The molecule has 0 aliphatic carbocycles. The van der Waals surface area contributed by atoms with Gasteiger partial charge in [-0.05, 0) is 33.0 Å². The first kappa shape index (κ1) is 15.2. The quantitative estimate of drug-likeness (QED) is 0.714. The van der Waals surface area contributed by atoms with E-state index in [0.29, 0.717) is 0 Å². The standard InChI is InChI=1S/C17H26N2O/c1-15(17(20)16-8-4-3-5-9-16)14-18(2)12-13-19-10-6-7-11-19/h3-5,8-9,15H,6-7,10-14H2,1-2H3. The molecule has 1 atom stereocenters. The molecule has 0 bridgehead atoms. The fourth-order valence-electron chi connectivity index (χ4n) is 2.85. The van der Waals surface area contributed by atoms with E-state index in [1.54, 1.807) is 0 Å². The van der Waals surface area contributed by atoms with Gasteiger partial charge in [0.05, 0.1) is 0 Å². The van der Waals surface area contributed by atoms with Crippen LogP contribution in [0, 0.1) is 5.92 Å². The van der Waals surface area contributed by atoms with Gasteiger partial charge in [0.15, 0.2) is 5.78 Å². The van der Waals surface area contributed by atoms with Crippen LogP contribution in [0.5, 0.6) is 0 Å². The monoisotopic (exact) mass is 274 g/mol. The Balaban J connectivity index is 1.75. The van der Waals surface area contributed by atoms with E-state index in [1.807, 2.05) is 37.3 Å². The van der Waals surface area contributed by atoms with Crippen molar-refractivity contribution in [3.63, 3.8) is 0 Å². The van der Waals surface area contributed by atoms with Gasteiger partial charge in [-0.25, -0.2) is 0 Å². The number of hydrogen-bond donors (Lipinski definition) is 0. The smallest absolute Gasteiger partial charge is 0.166 e. The lowest BCUT2D eigenvalue weighted by molar-refractivity contribution is 0.0900. The second-order valence-electron chi connectivity index (χ2n) is 5.94. The molecule has 0 spiro atoms. The van der Waals surface area contributed by atoms with Crippen molar-refractivity contribution in [2.75, 3.05) is 39.8 Å². The number of hydrogen-bond acceptors (Lipinski definition) is 3. The SMILES string of the molecule is CC(CN(C)CCN1CCCC1)C(=O)c1ccccc1. The largest absolute Gasteiger partial charge is 0.304 e. The second kappa shape index (κ2) is 7.55. The van der Waals surface area contributed by atoms with E-state index < -0.39 is 0 Å². The van der Waals surface area contributed by atoms with Gasteiger partial charge < -0.3 is 9.80 Å². The third-order valence-electron chi connectivity index (χ3n) is 4.09. The van der Waals surface area contributed by atoms with E-state index in [4.69, 9.17) is 0 Å². The van der Waals surface area contributed by atoms with Crippen LogP contribution in [0.2, 0.25) is 0 Å². The van der Waals surface area contributed by atoms with Crippen molar-refractivity contribution in [3.8, 4) is 0 Å². The predicted octanol–water partition coefficient (Wildman–Crippen LogP) is 2.53. The topological polar surface area (TPSA) is 23.6 Å². The van der Waals surface area contributed by atoms with Crippen LogP contribution in [0.25, 0.3) is 0 Å². The van der Waals surface area contributed by atoms with Gasteiger partial charge in [0, 0.05) is 31.1 Å². The second-order valence-corrected chi connectivity index (χ2v) is 5.94. The molecule has 1 heterocycles. The molecular formula is C17H26N2O. The molecule has 20 heavy (non-hydrogen) atoms. The van der Waals surface area contributed by atoms with Crippen molar-refractivity contribution >= 4 is 5.78 Å². The van der Waals surface area contributed by atoms with Crippen molar-refractivity contribution in [2.45, 2.75) is 19.8 Å². The van der Waals surface area contributed by atoms with Crippen molar-refractivity contribution in [1.29, 1.82) is 0 Å². The lowest BCUT2D eigenvalue weighted by Crippen LogP contribution is -2.35. The van der Waals surface area contributed by atoms with E-state index >= 15 is 0 Å². The number of likely N-dealkylation sites (N-methyl/N-ethyl adjacent to an activating group) is 1. The zero-order valence-electron chi connectivity index (χ0n) is 12.7. The van der Waals surface area contributed by atoms with Crippen LogP contribution in [-0.2, 0) is 0 Å². The number of benzene rings is 1. The first-order valence-corrected chi connectivity index (χ1v) is 7.67. The molecule has 1 aliphatic heterocycles. The molecule has 0 radical (unpaired) electrons. The molecule has 0 N–H and O–H groups in total. The Labute approximate surface area is 122 Å². The number of likely N-dealkylation sites (tertiary alicyclic amines) is 1. The average molecular weight is 274 g/mol. The summed E-state index contributed by atoms with van der Waals surface area (Å²) in [6.45, 7) is 7.52. The van der Waals surface area contributed by atoms with Gasteiger partial charge in [-0.2, -0.15) is 0 Å². The highest BCUT2D eigenvalue weighted by Gasteiger charge is 2.17. The van der Waals surface area contributed by atoms with E-state index in [0.717, 1.165) is 25.2 Å². The van der Waals surface area contributed by atoms with E-state index in [2.05, 4.69) is 16.8 Å². The Morgan fingerprint density at radius 2 is 1.90 bits per heavy atom. The average Bonchev–Trinajstić information content (AvgIpc) is 2.98. The Bertz CT molecular complexity index is 412. The number of carbonyl (C=O) groups is 1. The zero-order valence-corrected chi connectivity index (χ0v) is 12.7. The molecule has 0 saturated carbocycles. The van der Waals surface area contributed by atoms with Crippen molar-refractivity contribution in [3.05, 3.63) is 35.9 Å². The van der Waals surface area contributed by atoms with Gasteiger partial charge in [0.25, 0.3) is 0 Å². The van der Waals surface area contributed by atoms with Crippen LogP contribution in [-0.4, -0.2) is 55.4 Å². The summed E-state index contributed by atoms with van der Waals surface area (Å²) in [5.41, 5.74) is 0.827. The zero-order chi connectivity index (χ0) is 14.4. The Hall–Kier alpha value is -1.19. The Morgan fingerprint density at radius 3 is 2.55 bits per heavy atom. The van der Waals surface area contributed by atoms with Crippen molar-refractivity contribution in [2.24, 2.45) is 5.92 Å². The number of Topliss-reactive ketones (excluding diaryl/α,β-unsaturated/α-hetero) is 1. The summed E-state index contributed by atoms with van der Waals surface area (Å²) < 4.78 is 0. The van der Waals surface area contributed by atoms with Crippen LogP contribution in [0.3, 0.4) is 0 Å². The molecule has 1 unspecified atom stereocenters. The first-order valence-electron chi connectivity index (χ1n) is 7.67. The molecule has 0 amide bonds. The van der Waals surface area contributed by atoms with Crippen LogP contribution >= 0.6 is 0 Å². The fourth-order valence-corrected chi connectivity index (χ4v) is 2.85.